The van der Waals surface area contributed by atoms with Crippen LogP contribution >= 0.6 is 11.3 Å². The molecule has 0 aliphatic rings. The van der Waals surface area contributed by atoms with E-state index in [-0.39, 0.29) is 0 Å². The molecule has 2 aromatic carbocycles. The van der Waals surface area contributed by atoms with Crippen LogP contribution < -0.4 is 5.32 Å². The number of ether oxygens (including phenoxy) is 1. The lowest BCUT2D eigenvalue weighted by Crippen LogP contribution is -2.14. The number of nitrogens with one attached hydrogen (secondary N) is 1. The van der Waals surface area contributed by atoms with Gasteiger partial charge in [-0.25, -0.2) is 9.18 Å². The van der Waals surface area contributed by atoms with Crippen molar-refractivity contribution >= 4 is 28.2 Å². The standard InChI is InChI=1S/C20H16FNO3S/c1-12-3-5-13(6-4-12)16-11-26-19(17(16)20(24)25-2)22-18(23)14-7-9-15(21)10-8-14/h3-11H,1-2H3,(H,22,23). The van der Waals surface area contributed by atoms with Gasteiger partial charge in [-0.3, -0.25) is 4.79 Å². The van der Waals surface area contributed by atoms with E-state index in [1.165, 1.54) is 42.7 Å². The van der Waals surface area contributed by atoms with Crippen molar-refractivity contribution in [3.63, 3.8) is 0 Å². The molecule has 0 saturated heterocycles. The number of methoxy groups -OCH3 is 1. The minimum absolute atomic E-state index is 0.299. The maximum atomic E-state index is 13.0. The van der Waals surface area contributed by atoms with Crippen LogP contribution in [0.4, 0.5) is 9.39 Å². The summed E-state index contributed by atoms with van der Waals surface area (Å²) in [6, 6.07) is 12.9. The van der Waals surface area contributed by atoms with E-state index in [9.17, 15) is 14.0 Å². The van der Waals surface area contributed by atoms with E-state index < -0.39 is 17.7 Å². The molecule has 0 aliphatic heterocycles. The van der Waals surface area contributed by atoms with Crippen LogP contribution in [-0.4, -0.2) is 19.0 Å². The molecule has 3 rings (SSSR count). The van der Waals surface area contributed by atoms with Gasteiger partial charge < -0.3 is 10.1 Å². The molecule has 132 valence electrons. The van der Waals surface area contributed by atoms with Crippen LogP contribution in [-0.2, 0) is 4.74 Å². The lowest BCUT2D eigenvalue weighted by atomic mass is 10.0. The van der Waals surface area contributed by atoms with E-state index in [0.717, 1.165) is 11.1 Å². The van der Waals surface area contributed by atoms with Crippen LogP contribution in [0.2, 0.25) is 0 Å². The number of amides is 1. The number of hydrogen-bond acceptors (Lipinski definition) is 4. The summed E-state index contributed by atoms with van der Waals surface area (Å²) < 4.78 is 17.9. The summed E-state index contributed by atoms with van der Waals surface area (Å²) in [7, 11) is 1.30. The third kappa shape index (κ3) is 3.65. The van der Waals surface area contributed by atoms with E-state index in [4.69, 9.17) is 4.74 Å². The maximum absolute atomic E-state index is 13.0. The van der Waals surface area contributed by atoms with Crippen LogP contribution in [0.15, 0.2) is 53.9 Å². The molecule has 0 atom stereocenters. The third-order valence-electron chi connectivity index (χ3n) is 3.88. The van der Waals surface area contributed by atoms with E-state index in [0.29, 0.717) is 21.7 Å². The monoisotopic (exact) mass is 369 g/mol. The summed E-state index contributed by atoms with van der Waals surface area (Å²) in [5, 5.41) is 4.91. The Morgan fingerprint density at radius 3 is 2.31 bits per heavy atom. The highest BCUT2D eigenvalue weighted by molar-refractivity contribution is 7.15. The molecule has 0 unspecified atom stereocenters. The molecule has 1 heterocycles. The van der Waals surface area contributed by atoms with Gasteiger partial charge in [0.05, 0.1) is 7.11 Å². The Morgan fingerprint density at radius 2 is 1.69 bits per heavy atom. The minimum atomic E-state index is -0.531. The normalized spacial score (nSPS) is 10.4. The summed E-state index contributed by atoms with van der Waals surface area (Å²) in [6.07, 6.45) is 0. The molecular weight excluding hydrogens is 353 g/mol. The van der Waals surface area contributed by atoms with Crippen molar-refractivity contribution in [1.29, 1.82) is 0 Å². The number of aryl methyl sites for hydroxylation is 1. The quantitative estimate of drug-likeness (QED) is 0.666. The molecule has 0 aliphatic carbocycles. The van der Waals surface area contributed by atoms with E-state index in [2.05, 4.69) is 5.32 Å². The van der Waals surface area contributed by atoms with E-state index >= 15 is 0 Å². The average molecular weight is 369 g/mol. The number of hydrogen-bond donors (Lipinski definition) is 1. The number of rotatable bonds is 4. The van der Waals surface area contributed by atoms with Crippen molar-refractivity contribution in [1.82, 2.24) is 0 Å². The van der Waals surface area contributed by atoms with Crippen molar-refractivity contribution < 1.29 is 18.7 Å². The summed E-state index contributed by atoms with van der Waals surface area (Å²) >= 11 is 1.24. The molecule has 1 amide bonds. The predicted molar refractivity (Wildman–Crippen MR) is 100 cm³/mol. The summed E-state index contributed by atoms with van der Waals surface area (Å²) in [5.74, 6) is -1.38. The summed E-state index contributed by atoms with van der Waals surface area (Å²) in [6.45, 7) is 1.98. The van der Waals surface area contributed by atoms with Crippen LogP contribution in [0.1, 0.15) is 26.3 Å². The number of benzene rings is 2. The molecule has 0 spiro atoms. The Hall–Kier alpha value is -2.99. The number of carbonyl (C=O) groups excluding carboxylic acids is 2. The lowest BCUT2D eigenvalue weighted by Gasteiger charge is -2.08. The first-order valence-corrected chi connectivity index (χ1v) is 8.71. The van der Waals surface area contributed by atoms with Crippen LogP contribution in [0.25, 0.3) is 11.1 Å². The number of thiophene rings is 1. The number of esters is 1. The van der Waals surface area contributed by atoms with Crippen LogP contribution in [0, 0.1) is 12.7 Å². The van der Waals surface area contributed by atoms with E-state index in [1.807, 2.05) is 31.2 Å². The van der Waals surface area contributed by atoms with Gasteiger partial charge in [-0.2, -0.15) is 0 Å². The van der Waals surface area contributed by atoms with Crippen molar-refractivity contribution in [2.45, 2.75) is 6.92 Å². The van der Waals surface area contributed by atoms with Crippen molar-refractivity contribution in [3.05, 3.63) is 76.4 Å². The van der Waals surface area contributed by atoms with Gasteiger partial charge in [0.1, 0.15) is 16.4 Å². The van der Waals surface area contributed by atoms with Gasteiger partial charge in [0.25, 0.3) is 5.91 Å². The zero-order chi connectivity index (χ0) is 18.7. The molecule has 0 bridgehead atoms. The number of anilines is 1. The number of halogens is 1. The Balaban J connectivity index is 1.96. The van der Waals surface area contributed by atoms with Crippen molar-refractivity contribution in [2.24, 2.45) is 0 Å². The molecule has 0 saturated carbocycles. The highest BCUT2D eigenvalue weighted by atomic mass is 32.1. The fraction of sp³-hybridized carbons (Fsp3) is 0.100. The molecule has 1 N–H and O–H groups in total. The Labute approximate surface area is 154 Å². The van der Waals surface area contributed by atoms with Crippen molar-refractivity contribution in [3.8, 4) is 11.1 Å². The second kappa shape index (κ2) is 7.49. The largest absolute Gasteiger partial charge is 0.465 e. The van der Waals surface area contributed by atoms with Gasteiger partial charge in [-0.05, 0) is 36.8 Å². The molecule has 4 nitrogen and oxygen atoms in total. The highest BCUT2D eigenvalue weighted by Gasteiger charge is 2.22. The number of carbonyl (C=O) groups is 2. The summed E-state index contributed by atoms with van der Waals surface area (Å²) in [5.41, 5.74) is 3.25. The third-order valence-corrected chi connectivity index (χ3v) is 4.77. The Bertz CT molecular complexity index is 946. The Morgan fingerprint density at radius 1 is 1.04 bits per heavy atom. The molecular formula is C20H16FNO3S. The zero-order valence-electron chi connectivity index (χ0n) is 14.2. The molecule has 0 radical (unpaired) electrons. The van der Waals surface area contributed by atoms with Gasteiger partial charge in [0.2, 0.25) is 0 Å². The van der Waals surface area contributed by atoms with Gasteiger partial charge in [-0.15, -0.1) is 11.3 Å². The van der Waals surface area contributed by atoms with Gasteiger partial charge >= 0.3 is 5.97 Å². The maximum Gasteiger partial charge on any atom is 0.341 e. The fourth-order valence-electron chi connectivity index (χ4n) is 2.48. The van der Waals surface area contributed by atoms with Gasteiger partial charge in [0.15, 0.2) is 0 Å². The molecule has 3 aromatic rings. The van der Waals surface area contributed by atoms with Crippen LogP contribution in [0.3, 0.4) is 0 Å². The molecule has 26 heavy (non-hydrogen) atoms. The minimum Gasteiger partial charge on any atom is -0.465 e. The smallest absolute Gasteiger partial charge is 0.341 e. The lowest BCUT2D eigenvalue weighted by molar-refractivity contribution is 0.0603. The van der Waals surface area contributed by atoms with E-state index in [1.54, 1.807) is 5.38 Å². The molecule has 6 heteroatoms. The Kier molecular flexibility index (Phi) is 5.14. The first-order chi connectivity index (χ1) is 12.5. The van der Waals surface area contributed by atoms with Crippen LogP contribution in [0.5, 0.6) is 0 Å². The van der Waals surface area contributed by atoms with Gasteiger partial charge in [-0.1, -0.05) is 29.8 Å². The van der Waals surface area contributed by atoms with Crippen molar-refractivity contribution in [2.75, 3.05) is 12.4 Å². The predicted octanol–water partition coefficient (Wildman–Crippen LogP) is 4.90. The second-order valence-electron chi connectivity index (χ2n) is 5.67. The average Bonchev–Trinajstić information content (AvgIpc) is 3.05. The first kappa shape index (κ1) is 17.8. The second-order valence-corrected chi connectivity index (χ2v) is 6.55. The topological polar surface area (TPSA) is 55.4 Å². The molecule has 1 aromatic heterocycles. The molecule has 0 fully saturated rings. The zero-order valence-corrected chi connectivity index (χ0v) is 15.0. The first-order valence-electron chi connectivity index (χ1n) is 7.83. The summed E-state index contributed by atoms with van der Waals surface area (Å²) in [4.78, 5) is 24.7. The highest BCUT2D eigenvalue weighted by Crippen LogP contribution is 2.36. The van der Waals surface area contributed by atoms with Gasteiger partial charge in [0, 0.05) is 16.5 Å². The SMILES string of the molecule is COC(=O)c1c(-c2ccc(C)cc2)csc1NC(=O)c1ccc(F)cc1. The fourth-order valence-corrected chi connectivity index (χ4v) is 3.43.